The van der Waals surface area contributed by atoms with Gasteiger partial charge in [-0.3, -0.25) is 4.98 Å². The van der Waals surface area contributed by atoms with Crippen LogP contribution in [0, 0.1) is 5.82 Å². The SMILES string of the molecule is CC(Oc1cc(B2OC(C)(C)C(C)(C)O2)cnc1N)c1ncc(Cl)cc1F. The van der Waals surface area contributed by atoms with Crippen LogP contribution in [0.5, 0.6) is 5.75 Å². The van der Waals surface area contributed by atoms with Gasteiger partial charge in [0.1, 0.15) is 17.6 Å². The van der Waals surface area contributed by atoms with Gasteiger partial charge in [-0.15, -0.1) is 0 Å². The monoisotopic (exact) mass is 393 g/mol. The smallest absolute Gasteiger partial charge is 0.480 e. The Hall–Kier alpha value is -1.90. The van der Waals surface area contributed by atoms with E-state index < -0.39 is 30.2 Å². The summed E-state index contributed by atoms with van der Waals surface area (Å²) in [6.45, 7) is 9.52. The zero-order valence-corrected chi connectivity index (χ0v) is 16.7. The van der Waals surface area contributed by atoms with E-state index in [9.17, 15) is 4.39 Å². The van der Waals surface area contributed by atoms with Crippen molar-refractivity contribution < 1.29 is 18.4 Å². The molecule has 2 aromatic rings. The average molecular weight is 394 g/mol. The van der Waals surface area contributed by atoms with Crippen molar-refractivity contribution in [3.8, 4) is 5.75 Å². The zero-order valence-electron chi connectivity index (χ0n) is 15.9. The van der Waals surface area contributed by atoms with Crippen molar-refractivity contribution in [2.75, 3.05) is 5.73 Å². The molecule has 1 aliphatic heterocycles. The summed E-state index contributed by atoms with van der Waals surface area (Å²) in [5.41, 5.74) is 5.75. The molecule has 1 aliphatic rings. The Morgan fingerprint density at radius 2 is 1.78 bits per heavy atom. The lowest BCUT2D eigenvalue weighted by molar-refractivity contribution is 0.00578. The third-order valence-electron chi connectivity index (χ3n) is 4.95. The molecule has 0 saturated carbocycles. The minimum atomic E-state index is -0.695. The van der Waals surface area contributed by atoms with E-state index in [0.717, 1.165) is 0 Å². The summed E-state index contributed by atoms with van der Waals surface area (Å²) in [5.74, 6) is -0.0778. The van der Waals surface area contributed by atoms with Crippen LogP contribution >= 0.6 is 11.6 Å². The molecular weight excluding hydrogens is 371 g/mol. The Balaban J connectivity index is 1.84. The first-order valence-electron chi connectivity index (χ1n) is 8.59. The number of pyridine rings is 2. The molecule has 0 aromatic carbocycles. The molecule has 2 N–H and O–H groups in total. The minimum absolute atomic E-state index is 0.125. The Kier molecular flexibility index (Phi) is 5.09. The van der Waals surface area contributed by atoms with Gasteiger partial charge in [-0.2, -0.15) is 0 Å². The molecule has 2 aromatic heterocycles. The normalized spacial score (nSPS) is 19.1. The molecule has 0 spiro atoms. The van der Waals surface area contributed by atoms with Crippen LogP contribution in [0.3, 0.4) is 0 Å². The number of ether oxygens (including phenoxy) is 1. The van der Waals surface area contributed by atoms with E-state index in [-0.39, 0.29) is 16.5 Å². The van der Waals surface area contributed by atoms with E-state index in [1.165, 1.54) is 12.3 Å². The molecule has 0 aliphatic carbocycles. The van der Waals surface area contributed by atoms with Crippen molar-refractivity contribution in [2.45, 2.75) is 51.9 Å². The number of nitrogens with zero attached hydrogens (tertiary/aromatic N) is 2. The fraction of sp³-hybridized carbons (Fsp3) is 0.444. The predicted molar refractivity (Wildman–Crippen MR) is 103 cm³/mol. The lowest BCUT2D eigenvalue weighted by Crippen LogP contribution is -2.41. The molecule has 3 rings (SSSR count). The topological polar surface area (TPSA) is 79.5 Å². The number of rotatable bonds is 4. The number of anilines is 1. The molecule has 6 nitrogen and oxygen atoms in total. The second-order valence-corrected chi connectivity index (χ2v) is 7.96. The number of hydrogen-bond donors (Lipinski definition) is 1. The second kappa shape index (κ2) is 6.93. The molecule has 1 saturated heterocycles. The quantitative estimate of drug-likeness (QED) is 0.803. The number of nitrogen functional groups attached to an aromatic ring is 1. The standard InChI is InChI=1S/C18H22BClFN3O3/c1-10(15-13(21)7-12(20)9-23-15)25-14-6-11(8-24-16(14)22)19-26-17(2,3)18(4,5)27-19/h6-10H,1-5H3,(H2,22,24). The zero-order chi connectivity index (χ0) is 20.0. The van der Waals surface area contributed by atoms with Crippen molar-refractivity contribution in [2.24, 2.45) is 0 Å². The van der Waals surface area contributed by atoms with Crippen molar-refractivity contribution >= 4 is 30.0 Å². The lowest BCUT2D eigenvalue weighted by atomic mass is 9.80. The Morgan fingerprint density at radius 1 is 1.15 bits per heavy atom. The molecule has 144 valence electrons. The van der Waals surface area contributed by atoms with Crippen LogP contribution in [0.25, 0.3) is 0 Å². The van der Waals surface area contributed by atoms with E-state index in [1.807, 2.05) is 27.7 Å². The maximum atomic E-state index is 14.1. The van der Waals surface area contributed by atoms with Crippen LogP contribution in [-0.4, -0.2) is 28.3 Å². The van der Waals surface area contributed by atoms with Crippen LogP contribution in [0.15, 0.2) is 24.5 Å². The van der Waals surface area contributed by atoms with Gasteiger partial charge in [0.15, 0.2) is 11.6 Å². The van der Waals surface area contributed by atoms with E-state index in [1.54, 1.807) is 19.2 Å². The largest absolute Gasteiger partial charge is 0.496 e. The molecule has 9 heteroatoms. The predicted octanol–water partition coefficient (Wildman–Crippen LogP) is 3.29. The van der Waals surface area contributed by atoms with Gasteiger partial charge in [0, 0.05) is 17.9 Å². The highest BCUT2D eigenvalue weighted by Gasteiger charge is 2.52. The molecule has 3 heterocycles. The third-order valence-corrected chi connectivity index (χ3v) is 5.16. The van der Waals surface area contributed by atoms with E-state index in [4.69, 9.17) is 31.4 Å². The summed E-state index contributed by atoms with van der Waals surface area (Å²) >= 11 is 5.75. The first-order chi connectivity index (χ1) is 12.5. The lowest BCUT2D eigenvalue weighted by Gasteiger charge is -2.32. The van der Waals surface area contributed by atoms with Gasteiger partial charge in [-0.25, -0.2) is 9.37 Å². The second-order valence-electron chi connectivity index (χ2n) is 7.52. The molecule has 0 amide bonds. The van der Waals surface area contributed by atoms with Crippen LogP contribution < -0.4 is 15.9 Å². The van der Waals surface area contributed by atoms with Gasteiger partial charge >= 0.3 is 7.12 Å². The van der Waals surface area contributed by atoms with Gasteiger partial charge in [-0.05, 0) is 46.8 Å². The maximum Gasteiger partial charge on any atom is 0.496 e. The van der Waals surface area contributed by atoms with Gasteiger partial charge in [0.25, 0.3) is 0 Å². The van der Waals surface area contributed by atoms with E-state index in [2.05, 4.69) is 9.97 Å². The highest BCUT2D eigenvalue weighted by atomic mass is 35.5. The summed E-state index contributed by atoms with van der Waals surface area (Å²) in [6, 6.07) is 2.88. The van der Waals surface area contributed by atoms with Gasteiger partial charge in [0.05, 0.1) is 16.2 Å². The van der Waals surface area contributed by atoms with E-state index >= 15 is 0 Å². The maximum absolute atomic E-state index is 14.1. The van der Waals surface area contributed by atoms with Crippen molar-refractivity contribution in [3.63, 3.8) is 0 Å². The minimum Gasteiger partial charge on any atom is -0.480 e. The number of hydrogen-bond acceptors (Lipinski definition) is 6. The number of halogens is 2. The summed E-state index contributed by atoms with van der Waals surface area (Å²) in [6.07, 6.45) is 2.25. The van der Waals surface area contributed by atoms with Gasteiger partial charge in [0.2, 0.25) is 0 Å². The van der Waals surface area contributed by atoms with Crippen molar-refractivity contribution in [1.82, 2.24) is 9.97 Å². The molecular formula is C18H22BClFN3O3. The summed E-state index contributed by atoms with van der Waals surface area (Å²) in [4.78, 5) is 8.16. The summed E-state index contributed by atoms with van der Waals surface area (Å²) in [5, 5.41) is 0.215. The van der Waals surface area contributed by atoms with Gasteiger partial charge in [-0.1, -0.05) is 11.6 Å². The molecule has 0 bridgehead atoms. The average Bonchev–Trinajstić information content (AvgIpc) is 2.77. The molecule has 0 radical (unpaired) electrons. The fourth-order valence-corrected chi connectivity index (χ4v) is 2.79. The molecule has 1 fully saturated rings. The highest BCUT2D eigenvalue weighted by molar-refractivity contribution is 6.62. The third kappa shape index (κ3) is 3.88. The van der Waals surface area contributed by atoms with Crippen molar-refractivity contribution in [3.05, 3.63) is 41.1 Å². The highest BCUT2D eigenvalue weighted by Crippen LogP contribution is 2.37. The van der Waals surface area contributed by atoms with E-state index in [0.29, 0.717) is 11.2 Å². The van der Waals surface area contributed by atoms with Crippen molar-refractivity contribution in [1.29, 1.82) is 0 Å². The first-order valence-corrected chi connectivity index (χ1v) is 8.96. The van der Waals surface area contributed by atoms with Crippen LogP contribution in [0.2, 0.25) is 5.02 Å². The summed E-state index contributed by atoms with van der Waals surface area (Å²) in [7, 11) is -0.605. The van der Waals surface area contributed by atoms with Crippen LogP contribution in [0.1, 0.15) is 46.4 Å². The number of aromatic nitrogens is 2. The molecule has 1 atom stereocenters. The first kappa shape index (κ1) is 19.9. The molecule has 27 heavy (non-hydrogen) atoms. The van der Waals surface area contributed by atoms with Gasteiger partial charge < -0.3 is 19.8 Å². The Bertz CT molecular complexity index is 850. The molecule has 1 unspecified atom stereocenters. The van der Waals surface area contributed by atoms with Crippen LogP contribution in [-0.2, 0) is 9.31 Å². The Morgan fingerprint density at radius 3 is 2.37 bits per heavy atom. The fourth-order valence-electron chi connectivity index (χ4n) is 2.64. The summed E-state index contributed by atoms with van der Waals surface area (Å²) < 4.78 is 31.9. The number of nitrogens with two attached hydrogens (primary N) is 1. The van der Waals surface area contributed by atoms with Crippen LogP contribution in [0.4, 0.5) is 10.2 Å². The Labute approximate surface area is 163 Å².